The Bertz CT molecular complexity index is 407. The molecule has 0 bridgehead atoms. The van der Waals surface area contributed by atoms with Crippen LogP contribution < -0.4 is 10.2 Å². The second-order valence-electron chi connectivity index (χ2n) is 5.65. The monoisotopic (exact) mass is 342 g/mol. The van der Waals surface area contributed by atoms with Gasteiger partial charge in [-0.15, -0.1) is 0 Å². The summed E-state index contributed by atoms with van der Waals surface area (Å²) in [7, 11) is 2.12. The zero-order valence-corrected chi connectivity index (χ0v) is 14.8. The summed E-state index contributed by atoms with van der Waals surface area (Å²) >= 11 is 3.56. The Morgan fingerprint density at radius 1 is 1.25 bits per heavy atom. The van der Waals surface area contributed by atoms with Gasteiger partial charge in [-0.2, -0.15) is 0 Å². The van der Waals surface area contributed by atoms with Crippen LogP contribution in [-0.4, -0.2) is 32.3 Å². The van der Waals surface area contributed by atoms with Gasteiger partial charge in [0.05, 0.1) is 12.7 Å². The fourth-order valence-corrected chi connectivity index (χ4v) is 2.25. The van der Waals surface area contributed by atoms with E-state index in [0.29, 0.717) is 6.04 Å². The van der Waals surface area contributed by atoms with Gasteiger partial charge in [0.25, 0.3) is 0 Å². The Morgan fingerprint density at radius 2 is 1.95 bits per heavy atom. The molecule has 0 aliphatic rings. The molecule has 0 amide bonds. The number of rotatable bonds is 8. The molecule has 3 nitrogen and oxygen atoms in total. The molecule has 0 aliphatic heterocycles. The van der Waals surface area contributed by atoms with Crippen molar-refractivity contribution < 1.29 is 4.74 Å². The number of nitrogens with one attached hydrogen (secondary N) is 1. The first kappa shape index (κ1) is 17.5. The number of ether oxygens (including phenoxy) is 1. The molecule has 0 unspecified atom stereocenters. The number of hydrogen-bond donors (Lipinski definition) is 1. The number of likely N-dealkylation sites (N-methyl/N-ethyl adjacent to an activating group) is 1. The maximum absolute atomic E-state index is 5.63. The first-order valence-electron chi connectivity index (χ1n) is 7.24. The van der Waals surface area contributed by atoms with Gasteiger partial charge in [0.1, 0.15) is 0 Å². The smallest absolute Gasteiger partial charge is 0.0644 e. The van der Waals surface area contributed by atoms with Crippen LogP contribution >= 0.6 is 15.9 Å². The molecule has 0 radical (unpaired) electrons. The zero-order chi connectivity index (χ0) is 15.1. The van der Waals surface area contributed by atoms with Crippen molar-refractivity contribution in [2.75, 3.05) is 25.1 Å². The van der Waals surface area contributed by atoms with E-state index in [9.17, 15) is 0 Å². The Balaban J connectivity index is 2.71. The summed E-state index contributed by atoms with van der Waals surface area (Å²) < 4.78 is 6.74. The second-order valence-corrected chi connectivity index (χ2v) is 6.57. The quantitative estimate of drug-likeness (QED) is 0.777. The van der Waals surface area contributed by atoms with Crippen molar-refractivity contribution in [3.8, 4) is 0 Å². The standard InChI is InChI=1S/C16H27BrN2O/c1-12(2)18-11-14-6-7-15(17)10-16(14)19(5)8-9-20-13(3)4/h6-7,10,12-13,18H,8-9,11H2,1-5H3. The minimum Gasteiger partial charge on any atom is -0.377 e. The van der Waals surface area contributed by atoms with E-state index in [1.807, 2.05) is 0 Å². The molecule has 114 valence electrons. The largest absolute Gasteiger partial charge is 0.377 e. The summed E-state index contributed by atoms with van der Waals surface area (Å²) in [5.41, 5.74) is 2.56. The lowest BCUT2D eigenvalue weighted by Gasteiger charge is -2.24. The maximum atomic E-state index is 5.63. The first-order valence-corrected chi connectivity index (χ1v) is 8.04. The van der Waals surface area contributed by atoms with Crippen LogP contribution in [0.2, 0.25) is 0 Å². The summed E-state index contributed by atoms with van der Waals surface area (Å²) in [6.45, 7) is 11.0. The van der Waals surface area contributed by atoms with Gasteiger partial charge in [-0.25, -0.2) is 0 Å². The highest BCUT2D eigenvalue weighted by Gasteiger charge is 2.09. The van der Waals surface area contributed by atoms with Crippen LogP contribution in [0.1, 0.15) is 33.3 Å². The van der Waals surface area contributed by atoms with Crippen molar-refractivity contribution in [3.63, 3.8) is 0 Å². The second kappa shape index (κ2) is 8.65. The predicted molar refractivity (Wildman–Crippen MR) is 90.5 cm³/mol. The van der Waals surface area contributed by atoms with Crippen LogP contribution in [0.3, 0.4) is 0 Å². The van der Waals surface area contributed by atoms with Gasteiger partial charge in [-0.3, -0.25) is 0 Å². The van der Waals surface area contributed by atoms with Gasteiger partial charge in [-0.05, 0) is 31.5 Å². The van der Waals surface area contributed by atoms with Gasteiger partial charge >= 0.3 is 0 Å². The molecule has 0 aliphatic carbocycles. The summed E-state index contributed by atoms with van der Waals surface area (Å²) in [5.74, 6) is 0. The molecule has 20 heavy (non-hydrogen) atoms. The lowest BCUT2D eigenvalue weighted by atomic mass is 10.1. The summed E-state index contributed by atoms with van der Waals surface area (Å²) in [5, 5.41) is 3.48. The van der Waals surface area contributed by atoms with Crippen LogP contribution in [-0.2, 0) is 11.3 Å². The van der Waals surface area contributed by atoms with Crippen molar-refractivity contribution >= 4 is 21.6 Å². The molecule has 0 saturated heterocycles. The van der Waals surface area contributed by atoms with Crippen molar-refractivity contribution in [2.24, 2.45) is 0 Å². The Hall–Kier alpha value is -0.580. The predicted octanol–water partition coefficient (Wildman–Crippen LogP) is 3.81. The highest BCUT2D eigenvalue weighted by Crippen LogP contribution is 2.24. The average Bonchev–Trinajstić information content (AvgIpc) is 2.36. The Labute approximate surface area is 131 Å². The molecule has 4 heteroatoms. The Morgan fingerprint density at radius 3 is 2.55 bits per heavy atom. The highest BCUT2D eigenvalue weighted by atomic mass is 79.9. The molecular weight excluding hydrogens is 316 g/mol. The van der Waals surface area contributed by atoms with E-state index in [0.717, 1.165) is 24.2 Å². The van der Waals surface area contributed by atoms with E-state index in [4.69, 9.17) is 4.74 Å². The Kier molecular flexibility index (Phi) is 7.56. The normalized spacial score (nSPS) is 11.4. The van der Waals surface area contributed by atoms with Gasteiger partial charge in [0.15, 0.2) is 0 Å². The summed E-state index contributed by atoms with van der Waals surface area (Å²) in [6, 6.07) is 6.93. The lowest BCUT2D eigenvalue weighted by Crippen LogP contribution is -2.27. The van der Waals surface area contributed by atoms with Crippen LogP contribution in [0.15, 0.2) is 22.7 Å². The fourth-order valence-electron chi connectivity index (χ4n) is 1.90. The third-order valence-electron chi connectivity index (χ3n) is 3.04. The zero-order valence-electron chi connectivity index (χ0n) is 13.2. The molecule has 0 spiro atoms. The lowest BCUT2D eigenvalue weighted by molar-refractivity contribution is 0.0846. The van der Waals surface area contributed by atoms with E-state index in [2.05, 4.69) is 79.1 Å². The summed E-state index contributed by atoms with van der Waals surface area (Å²) in [4.78, 5) is 2.25. The van der Waals surface area contributed by atoms with E-state index in [-0.39, 0.29) is 6.10 Å². The van der Waals surface area contributed by atoms with Crippen molar-refractivity contribution in [3.05, 3.63) is 28.2 Å². The minimum absolute atomic E-state index is 0.285. The molecule has 0 aromatic heterocycles. The maximum Gasteiger partial charge on any atom is 0.0644 e. The van der Waals surface area contributed by atoms with Crippen molar-refractivity contribution in [2.45, 2.75) is 46.4 Å². The third kappa shape index (κ3) is 6.25. The van der Waals surface area contributed by atoms with Crippen LogP contribution in [0, 0.1) is 0 Å². The van der Waals surface area contributed by atoms with Crippen LogP contribution in [0.4, 0.5) is 5.69 Å². The van der Waals surface area contributed by atoms with E-state index >= 15 is 0 Å². The summed E-state index contributed by atoms with van der Waals surface area (Å²) in [6.07, 6.45) is 0.285. The first-order chi connectivity index (χ1) is 9.40. The molecule has 0 fully saturated rings. The number of halogens is 1. The number of nitrogens with zero attached hydrogens (tertiary/aromatic N) is 1. The van der Waals surface area contributed by atoms with Crippen molar-refractivity contribution in [1.29, 1.82) is 0 Å². The molecule has 1 aromatic rings. The average molecular weight is 343 g/mol. The third-order valence-corrected chi connectivity index (χ3v) is 3.53. The molecule has 0 saturated carbocycles. The number of anilines is 1. The van der Waals surface area contributed by atoms with Crippen LogP contribution in [0.5, 0.6) is 0 Å². The van der Waals surface area contributed by atoms with E-state index in [1.165, 1.54) is 11.3 Å². The molecule has 1 rings (SSSR count). The van der Waals surface area contributed by atoms with Gasteiger partial charge in [0.2, 0.25) is 0 Å². The fraction of sp³-hybridized carbons (Fsp3) is 0.625. The number of hydrogen-bond acceptors (Lipinski definition) is 3. The van der Waals surface area contributed by atoms with E-state index in [1.54, 1.807) is 0 Å². The van der Waals surface area contributed by atoms with Gasteiger partial charge < -0.3 is 15.0 Å². The van der Waals surface area contributed by atoms with Gasteiger partial charge in [0, 0.05) is 36.3 Å². The van der Waals surface area contributed by atoms with Gasteiger partial charge in [-0.1, -0.05) is 35.8 Å². The molecule has 1 aromatic carbocycles. The SMILES string of the molecule is CC(C)NCc1ccc(Br)cc1N(C)CCOC(C)C. The number of benzene rings is 1. The molecular formula is C16H27BrN2O. The van der Waals surface area contributed by atoms with Crippen LogP contribution in [0.25, 0.3) is 0 Å². The topological polar surface area (TPSA) is 24.5 Å². The molecule has 0 heterocycles. The van der Waals surface area contributed by atoms with Crippen molar-refractivity contribution in [1.82, 2.24) is 5.32 Å². The highest BCUT2D eigenvalue weighted by molar-refractivity contribution is 9.10. The molecule has 1 N–H and O–H groups in total. The minimum atomic E-state index is 0.285. The van der Waals surface area contributed by atoms with E-state index < -0.39 is 0 Å². The molecule has 0 atom stereocenters.